The predicted molar refractivity (Wildman–Crippen MR) is 67.6 cm³/mol. The van der Waals surface area contributed by atoms with Gasteiger partial charge in [-0.15, -0.1) is 0 Å². The predicted octanol–water partition coefficient (Wildman–Crippen LogP) is 1.25. The number of nitrogens with zero attached hydrogens (tertiary/aromatic N) is 1. The van der Waals surface area contributed by atoms with Gasteiger partial charge in [0.1, 0.15) is 5.69 Å². The summed E-state index contributed by atoms with van der Waals surface area (Å²) in [5.41, 5.74) is 4.31. The van der Waals surface area contributed by atoms with Crippen LogP contribution in [0.25, 0.3) is 0 Å². The molecule has 1 aromatic rings. The first-order chi connectivity index (χ1) is 8.03. The quantitative estimate of drug-likeness (QED) is 0.488. The summed E-state index contributed by atoms with van der Waals surface area (Å²) in [6.45, 7) is 5.08. The van der Waals surface area contributed by atoms with Crippen LogP contribution in [0.4, 0.5) is 11.4 Å². The third-order valence-corrected chi connectivity index (χ3v) is 3.70. The van der Waals surface area contributed by atoms with Gasteiger partial charge >= 0.3 is 0 Å². The van der Waals surface area contributed by atoms with Gasteiger partial charge < -0.3 is 5.73 Å². The van der Waals surface area contributed by atoms with Gasteiger partial charge in [0.15, 0.2) is 0 Å². The van der Waals surface area contributed by atoms with Crippen LogP contribution in [0.15, 0.2) is 23.1 Å². The van der Waals surface area contributed by atoms with E-state index >= 15 is 0 Å². The summed E-state index contributed by atoms with van der Waals surface area (Å²) in [5, 5.41) is 10.6. The maximum Gasteiger partial charge on any atom is 0.292 e. The van der Waals surface area contributed by atoms with Crippen LogP contribution < -0.4 is 10.5 Å². The number of nitrogens with two attached hydrogens (primary N) is 1. The van der Waals surface area contributed by atoms with E-state index in [-0.39, 0.29) is 16.3 Å². The van der Waals surface area contributed by atoms with E-state index in [1.54, 1.807) is 20.8 Å². The van der Waals surface area contributed by atoms with Crippen molar-refractivity contribution < 1.29 is 13.3 Å². The summed E-state index contributed by atoms with van der Waals surface area (Å²) in [6.07, 6.45) is 0. The van der Waals surface area contributed by atoms with E-state index in [1.165, 1.54) is 0 Å². The molecule has 0 heterocycles. The third kappa shape index (κ3) is 3.41. The lowest BCUT2D eigenvalue weighted by molar-refractivity contribution is -0.383. The number of hydrogen-bond acceptors (Lipinski definition) is 5. The highest BCUT2D eigenvalue weighted by Gasteiger charge is 2.23. The van der Waals surface area contributed by atoms with Crippen LogP contribution in [-0.2, 0) is 10.0 Å². The van der Waals surface area contributed by atoms with Crippen molar-refractivity contribution in [1.82, 2.24) is 4.72 Å². The van der Waals surface area contributed by atoms with Crippen molar-refractivity contribution in [3.63, 3.8) is 0 Å². The van der Waals surface area contributed by atoms with Crippen molar-refractivity contribution in [2.45, 2.75) is 31.2 Å². The molecule has 0 aliphatic carbocycles. The second-order valence-electron chi connectivity index (χ2n) is 4.83. The van der Waals surface area contributed by atoms with E-state index in [0.29, 0.717) is 0 Å². The van der Waals surface area contributed by atoms with Gasteiger partial charge in [0.05, 0.1) is 9.82 Å². The molecule has 3 N–H and O–H groups in total. The standard InChI is InChI=1S/C10H15N3O4S/c1-10(2,3)12-18(16,17)7-4-5-9(13(14)15)8(11)6-7/h4-6,12H,11H2,1-3H3. The van der Waals surface area contributed by atoms with Crippen molar-refractivity contribution >= 4 is 21.4 Å². The van der Waals surface area contributed by atoms with Gasteiger partial charge in [-0.3, -0.25) is 10.1 Å². The molecule has 0 saturated carbocycles. The molecule has 0 fully saturated rings. The molecule has 0 spiro atoms. The molecule has 0 saturated heterocycles. The fourth-order valence-corrected chi connectivity index (χ4v) is 2.78. The normalized spacial score (nSPS) is 12.4. The molecule has 0 aliphatic heterocycles. The molecule has 0 atom stereocenters. The van der Waals surface area contributed by atoms with E-state index in [4.69, 9.17) is 5.73 Å². The lowest BCUT2D eigenvalue weighted by Crippen LogP contribution is -2.40. The minimum absolute atomic E-state index is 0.0967. The Morgan fingerprint density at radius 1 is 1.33 bits per heavy atom. The smallest absolute Gasteiger partial charge is 0.292 e. The zero-order valence-electron chi connectivity index (χ0n) is 10.3. The molecule has 18 heavy (non-hydrogen) atoms. The van der Waals surface area contributed by atoms with Gasteiger partial charge in [-0.05, 0) is 32.9 Å². The Morgan fingerprint density at radius 2 is 1.89 bits per heavy atom. The molecule has 0 aliphatic rings. The summed E-state index contributed by atoms with van der Waals surface area (Å²) in [5.74, 6) is 0. The Kier molecular flexibility index (Phi) is 3.63. The summed E-state index contributed by atoms with van der Waals surface area (Å²) < 4.78 is 26.3. The highest BCUT2D eigenvalue weighted by Crippen LogP contribution is 2.24. The lowest BCUT2D eigenvalue weighted by atomic mass is 10.1. The fraction of sp³-hybridized carbons (Fsp3) is 0.400. The minimum Gasteiger partial charge on any atom is -0.393 e. The third-order valence-electron chi connectivity index (χ3n) is 1.95. The van der Waals surface area contributed by atoms with Gasteiger partial charge in [0, 0.05) is 11.6 Å². The van der Waals surface area contributed by atoms with E-state index in [9.17, 15) is 18.5 Å². The zero-order chi connectivity index (χ0) is 14.1. The van der Waals surface area contributed by atoms with E-state index in [1.807, 2.05) is 0 Å². The second-order valence-corrected chi connectivity index (χ2v) is 6.52. The SMILES string of the molecule is CC(C)(C)NS(=O)(=O)c1ccc([N+](=O)[O-])c(N)c1. The summed E-state index contributed by atoms with van der Waals surface area (Å²) in [6, 6.07) is 3.31. The number of hydrogen-bond donors (Lipinski definition) is 2. The van der Waals surface area contributed by atoms with Crippen molar-refractivity contribution in [2.24, 2.45) is 0 Å². The average molecular weight is 273 g/mol. The summed E-state index contributed by atoms with van der Waals surface area (Å²) >= 11 is 0. The molecule has 0 bridgehead atoms. The Morgan fingerprint density at radius 3 is 2.28 bits per heavy atom. The zero-order valence-corrected chi connectivity index (χ0v) is 11.1. The van der Waals surface area contributed by atoms with Crippen molar-refractivity contribution in [3.05, 3.63) is 28.3 Å². The van der Waals surface area contributed by atoms with Gasteiger partial charge in [-0.2, -0.15) is 0 Å². The number of nitrogens with one attached hydrogen (secondary N) is 1. The highest BCUT2D eigenvalue weighted by atomic mass is 32.2. The van der Waals surface area contributed by atoms with E-state index in [2.05, 4.69) is 4.72 Å². The van der Waals surface area contributed by atoms with Gasteiger partial charge in [0.2, 0.25) is 10.0 Å². The first-order valence-corrected chi connectivity index (χ1v) is 6.59. The van der Waals surface area contributed by atoms with Gasteiger partial charge in [0.25, 0.3) is 5.69 Å². The summed E-state index contributed by atoms with van der Waals surface area (Å²) in [4.78, 5) is 9.81. The average Bonchev–Trinajstić information content (AvgIpc) is 2.12. The highest BCUT2D eigenvalue weighted by molar-refractivity contribution is 7.89. The van der Waals surface area contributed by atoms with Gasteiger partial charge in [-0.25, -0.2) is 13.1 Å². The number of nitro benzene ring substituents is 1. The van der Waals surface area contributed by atoms with Crippen LogP contribution in [0.5, 0.6) is 0 Å². The minimum atomic E-state index is -3.74. The van der Waals surface area contributed by atoms with Crippen LogP contribution in [0.2, 0.25) is 0 Å². The molecule has 7 nitrogen and oxygen atoms in total. The Hall–Kier alpha value is -1.67. The first-order valence-electron chi connectivity index (χ1n) is 5.11. The number of sulfonamides is 1. The number of benzene rings is 1. The molecule has 1 aromatic carbocycles. The van der Waals surface area contributed by atoms with Crippen LogP contribution >= 0.6 is 0 Å². The number of nitro groups is 1. The first kappa shape index (κ1) is 14.4. The Bertz CT molecular complexity index is 575. The van der Waals surface area contributed by atoms with Crippen LogP contribution in [0.1, 0.15) is 20.8 Å². The molecule has 0 amide bonds. The number of nitrogen functional groups attached to an aromatic ring is 1. The lowest BCUT2D eigenvalue weighted by Gasteiger charge is -2.20. The van der Waals surface area contributed by atoms with E-state index < -0.39 is 20.5 Å². The summed E-state index contributed by atoms with van der Waals surface area (Å²) in [7, 11) is -3.74. The van der Waals surface area contributed by atoms with Crippen LogP contribution in [0, 0.1) is 10.1 Å². The number of anilines is 1. The molecule has 1 rings (SSSR count). The topological polar surface area (TPSA) is 115 Å². The van der Waals surface area contributed by atoms with Gasteiger partial charge in [-0.1, -0.05) is 0 Å². The molecular formula is C10H15N3O4S. The molecule has 0 radical (unpaired) electrons. The molecule has 100 valence electrons. The largest absolute Gasteiger partial charge is 0.393 e. The monoisotopic (exact) mass is 273 g/mol. The molecular weight excluding hydrogens is 258 g/mol. The second kappa shape index (κ2) is 4.54. The Labute approximate surface area is 105 Å². The Balaban J connectivity index is 3.20. The maximum atomic E-state index is 11.9. The van der Waals surface area contributed by atoms with Crippen LogP contribution in [-0.4, -0.2) is 18.9 Å². The molecule has 0 aromatic heterocycles. The van der Waals surface area contributed by atoms with Crippen molar-refractivity contribution in [3.8, 4) is 0 Å². The van der Waals surface area contributed by atoms with Crippen molar-refractivity contribution in [2.75, 3.05) is 5.73 Å². The van der Waals surface area contributed by atoms with Crippen molar-refractivity contribution in [1.29, 1.82) is 0 Å². The fourth-order valence-electron chi connectivity index (χ4n) is 1.33. The van der Waals surface area contributed by atoms with Crippen LogP contribution in [0.3, 0.4) is 0 Å². The number of rotatable bonds is 3. The molecule has 8 heteroatoms. The maximum absolute atomic E-state index is 11.9. The molecule has 0 unspecified atom stereocenters. The van der Waals surface area contributed by atoms with E-state index in [0.717, 1.165) is 18.2 Å².